The van der Waals surface area contributed by atoms with E-state index in [1.165, 1.54) is 0 Å². The fourth-order valence-corrected chi connectivity index (χ4v) is 1.57. The Morgan fingerprint density at radius 2 is 1.93 bits per heavy atom. The Morgan fingerprint density at radius 3 is 2.53 bits per heavy atom. The van der Waals surface area contributed by atoms with Gasteiger partial charge in [0.1, 0.15) is 5.82 Å². The van der Waals surface area contributed by atoms with Gasteiger partial charge in [-0.3, -0.25) is 0 Å². The molecule has 1 N–H and O–H groups in total. The first-order chi connectivity index (χ1) is 7.02. The highest BCUT2D eigenvalue weighted by atomic mass is 19.1. The summed E-state index contributed by atoms with van der Waals surface area (Å²) in [6, 6.07) is 5.16. The molecule has 84 valence electrons. The molecular formula is C13H19FO. The van der Waals surface area contributed by atoms with Crippen molar-refractivity contribution in [3.63, 3.8) is 0 Å². The van der Waals surface area contributed by atoms with E-state index < -0.39 is 6.10 Å². The number of aryl methyl sites for hydroxylation is 1. The highest BCUT2D eigenvalue weighted by Gasteiger charge is 2.14. The van der Waals surface area contributed by atoms with Crippen molar-refractivity contribution in [1.82, 2.24) is 0 Å². The van der Waals surface area contributed by atoms with Gasteiger partial charge in [-0.25, -0.2) is 4.39 Å². The molecule has 0 saturated heterocycles. The number of halogens is 1. The monoisotopic (exact) mass is 210 g/mol. The average Bonchev–Trinajstić information content (AvgIpc) is 2.18. The number of aliphatic hydroxyl groups is 1. The lowest BCUT2D eigenvalue weighted by atomic mass is 9.98. The van der Waals surface area contributed by atoms with E-state index in [0.29, 0.717) is 23.5 Å². The van der Waals surface area contributed by atoms with Gasteiger partial charge >= 0.3 is 0 Å². The summed E-state index contributed by atoms with van der Waals surface area (Å²) in [6.07, 6.45) is 0.861. The van der Waals surface area contributed by atoms with Crippen molar-refractivity contribution in [2.45, 2.75) is 39.7 Å². The zero-order valence-corrected chi connectivity index (χ0v) is 9.63. The molecule has 0 aliphatic carbocycles. The highest BCUT2D eigenvalue weighted by molar-refractivity contribution is 5.26. The van der Waals surface area contributed by atoms with Gasteiger partial charge in [0.15, 0.2) is 0 Å². The Balaban J connectivity index is 2.73. The van der Waals surface area contributed by atoms with E-state index in [4.69, 9.17) is 0 Å². The fourth-order valence-electron chi connectivity index (χ4n) is 1.57. The lowest BCUT2D eigenvalue weighted by Crippen LogP contribution is -2.03. The fraction of sp³-hybridized carbons (Fsp3) is 0.538. The standard InChI is InChI=1S/C13H19FO/c1-9(2)7-8-12(15)11-6-4-5-10(3)13(11)14/h4-6,9,12,15H,7-8H2,1-3H3. The summed E-state index contributed by atoms with van der Waals surface area (Å²) in [5.74, 6) is 0.265. The smallest absolute Gasteiger partial charge is 0.131 e. The molecular weight excluding hydrogens is 191 g/mol. The Morgan fingerprint density at radius 1 is 1.27 bits per heavy atom. The third-order valence-corrected chi connectivity index (χ3v) is 2.60. The minimum absolute atomic E-state index is 0.270. The van der Waals surface area contributed by atoms with Crippen LogP contribution in [0, 0.1) is 18.7 Å². The summed E-state index contributed by atoms with van der Waals surface area (Å²) in [4.78, 5) is 0. The maximum atomic E-state index is 13.6. The maximum Gasteiger partial charge on any atom is 0.131 e. The molecule has 0 radical (unpaired) electrons. The van der Waals surface area contributed by atoms with Gasteiger partial charge in [-0.15, -0.1) is 0 Å². The van der Waals surface area contributed by atoms with E-state index in [2.05, 4.69) is 13.8 Å². The van der Waals surface area contributed by atoms with Crippen LogP contribution in [0.5, 0.6) is 0 Å². The molecule has 0 heterocycles. The van der Waals surface area contributed by atoms with Crippen molar-refractivity contribution in [1.29, 1.82) is 0 Å². The molecule has 1 nitrogen and oxygen atoms in total. The van der Waals surface area contributed by atoms with Crippen molar-refractivity contribution in [2.24, 2.45) is 5.92 Å². The van der Waals surface area contributed by atoms with Crippen molar-refractivity contribution in [3.8, 4) is 0 Å². The van der Waals surface area contributed by atoms with Crippen LogP contribution in [0.1, 0.15) is 43.9 Å². The van der Waals surface area contributed by atoms with E-state index in [-0.39, 0.29) is 5.82 Å². The largest absolute Gasteiger partial charge is 0.388 e. The van der Waals surface area contributed by atoms with E-state index in [9.17, 15) is 9.50 Å². The van der Waals surface area contributed by atoms with Crippen LogP contribution in [0.2, 0.25) is 0 Å². The molecule has 0 aromatic heterocycles. The third kappa shape index (κ3) is 3.31. The Kier molecular flexibility index (Phi) is 4.28. The lowest BCUT2D eigenvalue weighted by molar-refractivity contribution is 0.154. The second-order valence-electron chi connectivity index (χ2n) is 4.47. The van der Waals surface area contributed by atoms with Gasteiger partial charge < -0.3 is 5.11 Å². The SMILES string of the molecule is Cc1cccc(C(O)CCC(C)C)c1F. The number of aliphatic hydroxyl groups excluding tert-OH is 1. The van der Waals surface area contributed by atoms with Crippen molar-refractivity contribution >= 4 is 0 Å². The molecule has 0 fully saturated rings. The summed E-state index contributed by atoms with van der Waals surface area (Å²) < 4.78 is 13.6. The molecule has 1 atom stereocenters. The number of hydrogen-bond donors (Lipinski definition) is 1. The van der Waals surface area contributed by atoms with Gasteiger partial charge in [-0.05, 0) is 31.2 Å². The number of rotatable bonds is 4. The van der Waals surface area contributed by atoms with Crippen LogP contribution < -0.4 is 0 Å². The van der Waals surface area contributed by atoms with Gasteiger partial charge in [0.2, 0.25) is 0 Å². The molecule has 0 amide bonds. The zero-order valence-electron chi connectivity index (χ0n) is 9.63. The first kappa shape index (κ1) is 12.2. The second kappa shape index (κ2) is 5.26. The molecule has 0 saturated carbocycles. The number of benzene rings is 1. The quantitative estimate of drug-likeness (QED) is 0.805. The van der Waals surface area contributed by atoms with Crippen molar-refractivity contribution in [2.75, 3.05) is 0 Å². The number of hydrogen-bond acceptors (Lipinski definition) is 1. The first-order valence-electron chi connectivity index (χ1n) is 5.45. The summed E-state index contributed by atoms with van der Waals surface area (Å²) >= 11 is 0. The van der Waals surface area contributed by atoms with Crippen molar-refractivity contribution in [3.05, 3.63) is 35.1 Å². The van der Waals surface area contributed by atoms with Gasteiger partial charge in [0, 0.05) is 5.56 Å². The van der Waals surface area contributed by atoms with Crippen molar-refractivity contribution < 1.29 is 9.50 Å². The lowest BCUT2D eigenvalue weighted by Gasteiger charge is -2.14. The molecule has 0 aliphatic rings. The van der Waals surface area contributed by atoms with Gasteiger partial charge in [0.25, 0.3) is 0 Å². The molecule has 1 aromatic carbocycles. The molecule has 0 spiro atoms. The summed E-state index contributed by atoms with van der Waals surface area (Å²) in [6.45, 7) is 5.91. The summed E-state index contributed by atoms with van der Waals surface area (Å²) in [7, 11) is 0. The van der Waals surface area contributed by atoms with Crippen LogP contribution in [-0.2, 0) is 0 Å². The van der Waals surface area contributed by atoms with Crippen LogP contribution in [-0.4, -0.2) is 5.11 Å². The van der Waals surface area contributed by atoms with E-state index in [1.54, 1.807) is 25.1 Å². The first-order valence-corrected chi connectivity index (χ1v) is 5.45. The maximum absolute atomic E-state index is 13.6. The predicted molar refractivity (Wildman–Crippen MR) is 60.2 cm³/mol. The zero-order chi connectivity index (χ0) is 11.4. The third-order valence-electron chi connectivity index (χ3n) is 2.60. The summed E-state index contributed by atoms with van der Waals surface area (Å²) in [5.41, 5.74) is 1.02. The van der Waals surface area contributed by atoms with Crippen LogP contribution in [0.3, 0.4) is 0 Å². The molecule has 1 rings (SSSR count). The molecule has 0 bridgehead atoms. The van der Waals surface area contributed by atoms with Gasteiger partial charge in [-0.2, -0.15) is 0 Å². The molecule has 1 aromatic rings. The normalized spacial score (nSPS) is 13.2. The van der Waals surface area contributed by atoms with Gasteiger partial charge in [0.05, 0.1) is 6.10 Å². The van der Waals surface area contributed by atoms with Crippen LogP contribution >= 0.6 is 0 Å². The molecule has 15 heavy (non-hydrogen) atoms. The van der Waals surface area contributed by atoms with Gasteiger partial charge in [-0.1, -0.05) is 32.0 Å². The summed E-state index contributed by atoms with van der Waals surface area (Å²) in [5, 5.41) is 9.83. The Hall–Kier alpha value is -0.890. The van der Waals surface area contributed by atoms with E-state index in [0.717, 1.165) is 6.42 Å². The minimum Gasteiger partial charge on any atom is -0.388 e. The van der Waals surface area contributed by atoms with Crippen LogP contribution in [0.4, 0.5) is 4.39 Å². The molecule has 0 aliphatic heterocycles. The van der Waals surface area contributed by atoms with E-state index in [1.807, 2.05) is 0 Å². The Labute approximate surface area is 90.9 Å². The van der Waals surface area contributed by atoms with E-state index >= 15 is 0 Å². The second-order valence-corrected chi connectivity index (χ2v) is 4.47. The predicted octanol–water partition coefficient (Wildman–Crippen LogP) is 3.60. The van der Waals surface area contributed by atoms with Crippen LogP contribution in [0.15, 0.2) is 18.2 Å². The average molecular weight is 210 g/mol. The molecule has 1 unspecified atom stereocenters. The minimum atomic E-state index is -0.674. The topological polar surface area (TPSA) is 20.2 Å². The Bertz CT molecular complexity index is 320. The highest BCUT2D eigenvalue weighted by Crippen LogP contribution is 2.24. The molecule has 2 heteroatoms. The van der Waals surface area contributed by atoms with Crippen LogP contribution in [0.25, 0.3) is 0 Å².